The lowest BCUT2D eigenvalue weighted by Crippen LogP contribution is -2.46. The van der Waals surface area contributed by atoms with Crippen molar-refractivity contribution < 1.29 is 19.4 Å². The van der Waals surface area contributed by atoms with Crippen LogP contribution in [0.2, 0.25) is 5.02 Å². The third-order valence-corrected chi connectivity index (χ3v) is 5.72. The molecule has 1 aromatic heterocycles. The standard InChI is InChI=1S/C23H29ClN4O4/c1-3-16(2)13-19(23(31)25-21-9-11-27(26-21)10-6-12-29)28-15-17(14-22(28)30)32-20-8-5-4-7-18(20)24/h4-5,7-9,11,14,16,19,29H,3,6,10,12-13,15H2,1-2H3,(H,25,26,31)/t16-,19+/m0/s1. The second kappa shape index (κ2) is 11.2. The Balaban J connectivity index is 1.71. The van der Waals surface area contributed by atoms with E-state index in [1.165, 1.54) is 11.0 Å². The Labute approximate surface area is 192 Å². The van der Waals surface area contributed by atoms with E-state index < -0.39 is 6.04 Å². The number of carbonyl (C=O) groups excluding carboxylic acids is 2. The number of para-hydroxylation sites is 1. The zero-order valence-electron chi connectivity index (χ0n) is 18.3. The topological polar surface area (TPSA) is 96.7 Å². The molecule has 1 aromatic carbocycles. The fourth-order valence-electron chi connectivity index (χ4n) is 3.43. The largest absolute Gasteiger partial charge is 0.458 e. The Bertz CT molecular complexity index is 974. The number of benzene rings is 1. The summed E-state index contributed by atoms with van der Waals surface area (Å²) in [6.45, 7) is 4.92. The summed E-state index contributed by atoms with van der Waals surface area (Å²) < 4.78 is 7.49. The number of carbonyl (C=O) groups is 2. The lowest BCUT2D eigenvalue weighted by molar-refractivity contribution is -0.134. The predicted octanol–water partition coefficient (Wildman–Crippen LogP) is 3.47. The Morgan fingerprint density at radius 3 is 2.84 bits per heavy atom. The summed E-state index contributed by atoms with van der Waals surface area (Å²) >= 11 is 6.16. The smallest absolute Gasteiger partial charge is 0.251 e. The molecule has 8 nitrogen and oxygen atoms in total. The number of halogens is 1. The van der Waals surface area contributed by atoms with E-state index in [0.29, 0.717) is 41.7 Å². The molecule has 0 radical (unpaired) electrons. The van der Waals surface area contributed by atoms with Crippen molar-refractivity contribution in [2.75, 3.05) is 18.5 Å². The fraction of sp³-hybridized carbons (Fsp3) is 0.435. The van der Waals surface area contributed by atoms with E-state index in [4.69, 9.17) is 21.4 Å². The molecule has 0 bridgehead atoms. The Morgan fingerprint density at radius 2 is 2.12 bits per heavy atom. The number of nitrogens with one attached hydrogen (secondary N) is 1. The number of amides is 2. The number of ether oxygens (including phenoxy) is 1. The van der Waals surface area contributed by atoms with Gasteiger partial charge < -0.3 is 20.1 Å². The number of rotatable bonds is 11. The molecular weight excluding hydrogens is 432 g/mol. The normalized spacial score (nSPS) is 15.4. The summed E-state index contributed by atoms with van der Waals surface area (Å²) in [5.74, 6) is 0.996. The summed E-state index contributed by atoms with van der Waals surface area (Å²) in [5.41, 5.74) is 0. The molecule has 2 atom stereocenters. The first-order chi connectivity index (χ1) is 15.4. The van der Waals surface area contributed by atoms with Crippen LogP contribution in [-0.2, 0) is 16.1 Å². The van der Waals surface area contributed by atoms with E-state index in [2.05, 4.69) is 24.3 Å². The Kier molecular flexibility index (Phi) is 8.30. The number of anilines is 1. The van der Waals surface area contributed by atoms with Crippen LogP contribution >= 0.6 is 11.6 Å². The maximum absolute atomic E-state index is 13.2. The van der Waals surface area contributed by atoms with Gasteiger partial charge >= 0.3 is 0 Å². The maximum Gasteiger partial charge on any atom is 0.251 e. The van der Waals surface area contributed by atoms with Crippen molar-refractivity contribution >= 4 is 29.2 Å². The molecular formula is C23H29ClN4O4. The lowest BCUT2D eigenvalue weighted by atomic mass is 9.97. The van der Waals surface area contributed by atoms with Crippen molar-refractivity contribution in [2.24, 2.45) is 5.92 Å². The van der Waals surface area contributed by atoms with Crippen LogP contribution < -0.4 is 10.1 Å². The minimum absolute atomic E-state index is 0.0706. The molecule has 2 heterocycles. The van der Waals surface area contributed by atoms with Crippen LogP contribution in [0.1, 0.15) is 33.1 Å². The third kappa shape index (κ3) is 6.11. The number of aliphatic hydroxyl groups is 1. The van der Waals surface area contributed by atoms with E-state index in [1.54, 1.807) is 41.2 Å². The zero-order valence-corrected chi connectivity index (χ0v) is 19.1. The van der Waals surface area contributed by atoms with E-state index in [0.717, 1.165) is 6.42 Å². The molecule has 0 aliphatic carbocycles. The second-order valence-corrected chi connectivity index (χ2v) is 8.31. The predicted molar refractivity (Wildman–Crippen MR) is 122 cm³/mol. The minimum atomic E-state index is -0.663. The van der Waals surface area contributed by atoms with Crippen molar-refractivity contribution in [3.8, 4) is 5.75 Å². The van der Waals surface area contributed by atoms with Gasteiger partial charge in [0.05, 0.1) is 11.6 Å². The first-order valence-corrected chi connectivity index (χ1v) is 11.2. The highest BCUT2D eigenvalue weighted by molar-refractivity contribution is 6.32. The molecule has 32 heavy (non-hydrogen) atoms. The maximum atomic E-state index is 13.2. The molecule has 0 fully saturated rings. The molecule has 1 aliphatic heterocycles. The van der Waals surface area contributed by atoms with Crippen molar-refractivity contribution in [3.05, 3.63) is 53.4 Å². The number of hydrogen-bond donors (Lipinski definition) is 2. The summed E-state index contributed by atoms with van der Waals surface area (Å²) in [6, 6.07) is 8.08. The van der Waals surface area contributed by atoms with Crippen molar-refractivity contribution in [1.82, 2.24) is 14.7 Å². The van der Waals surface area contributed by atoms with Crippen LogP contribution in [0.15, 0.2) is 48.4 Å². The van der Waals surface area contributed by atoms with Crippen molar-refractivity contribution in [1.29, 1.82) is 0 Å². The van der Waals surface area contributed by atoms with E-state index in [9.17, 15) is 9.59 Å². The van der Waals surface area contributed by atoms with E-state index in [1.807, 2.05) is 0 Å². The summed E-state index contributed by atoms with van der Waals surface area (Å²) in [4.78, 5) is 27.4. The number of aryl methyl sites for hydroxylation is 1. The SMILES string of the molecule is CC[C@H](C)C[C@H](C(=O)Nc1ccn(CCCO)n1)N1CC(Oc2ccccc2Cl)=CC1=O. The molecule has 2 N–H and O–H groups in total. The van der Waals surface area contributed by atoms with Crippen LogP contribution in [0.5, 0.6) is 5.75 Å². The van der Waals surface area contributed by atoms with Crippen LogP contribution in [0, 0.1) is 5.92 Å². The summed E-state index contributed by atoms with van der Waals surface area (Å²) in [7, 11) is 0. The average molecular weight is 461 g/mol. The average Bonchev–Trinajstić information content (AvgIpc) is 3.37. The summed E-state index contributed by atoms with van der Waals surface area (Å²) in [5, 5.41) is 16.6. The van der Waals surface area contributed by atoms with E-state index in [-0.39, 0.29) is 30.9 Å². The van der Waals surface area contributed by atoms with Crippen molar-refractivity contribution in [3.63, 3.8) is 0 Å². The first kappa shape index (κ1) is 23.8. The number of aliphatic hydroxyl groups excluding tert-OH is 1. The molecule has 0 spiro atoms. The van der Waals surface area contributed by atoms with Gasteiger partial charge in [0, 0.05) is 31.5 Å². The molecule has 0 saturated heterocycles. The first-order valence-electron chi connectivity index (χ1n) is 10.8. The number of aromatic nitrogens is 2. The molecule has 9 heteroatoms. The van der Waals surface area contributed by atoms with Gasteiger partial charge in [0.15, 0.2) is 5.82 Å². The van der Waals surface area contributed by atoms with Crippen LogP contribution in [0.3, 0.4) is 0 Å². The van der Waals surface area contributed by atoms with Gasteiger partial charge in [0.1, 0.15) is 17.6 Å². The van der Waals surface area contributed by atoms with Gasteiger partial charge in [-0.25, -0.2) is 0 Å². The van der Waals surface area contributed by atoms with Crippen LogP contribution in [0.4, 0.5) is 5.82 Å². The lowest BCUT2D eigenvalue weighted by Gasteiger charge is -2.28. The van der Waals surface area contributed by atoms with Crippen LogP contribution in [0.25, 0.3) is 0 Å². The molecule has 2 amide bonds. The number of nitrogens with zero attached hydrogens (tertiary/aromatic N) is 3. The minimum Gasteiger partial charge on any atom is -0.458 e. The molecule has 0 saturated carbocycles. The quantitative estimate of drug-likeness (QED) is 0.535. The van der Waals surface area contributed by atoms with Gasteiger partial charge in [-0.05, 0) is 30.9 Å². The van der Waals surface area contributed by atoms with Gasteiger partial charge in [-0.3, -0.25) is 14.3 Å². The van der Waals surface area contributed by atoms with Gasteiger partial charge in [-0.1, -0.05) is 44.0 Å². The highest BCUT2D eigenvalue weighted by Crippen LogP contribution is 2.28. The molecule has 1 aliphatic rings. The summed E-state index contributed by atoms with van der Waals surface area (Å²) in [6.07, 6.45) is 5.13. The van der Waals surface area contributed by atoms with Gasteiger partial charge in [0.2, 0.25) is 5.91 Å². The van der Waals surface area contributed by atoms with E-state index >= 15 is 0 Å². The Hall–Kier alpha value is -2.84. The second-order valence-electron chi connectivity index (χ2n) is 7.90. The van der Waals surface area contributed by atoms with Gasteiger partial charge in [-0.2, -0.15) is 5.10 Å². The molecule has 0 unspecified atom stereocenters. The van der Waals surface area contributed by atoms with Gasteiger partial charge in [0.25, 0.3) is 5.91 Å². The molecule has 172 valence electrons. The molecule has 3 rings (SSSR count). The van der Waals surface area contributed by atoms with Crippen LogP contribution in [-0.4, -0.2) is 50.8 Å². The third-order valence-electron chi connectivity index (χ3n) is 5.41. The number of hydrogen-bond acceptors (Lipinski definition) is 5. The van der Waals surface area contributed by atoms with Gasteiger partial charge in [-0.15, -0.1) is 0 Å². The Morgan fingerprint density at radius 1 is 1.34 bits per heavy atom. The monoisotopic (exact) mass is 460 g/mol. The fourth-order valence-corrected chi connectivity index (χ4v) is 3.60. The highest BCUT2D eigenvalue weighted by atomic mass is 35.5. The highest BCUT2D eigenvalue weighted by Gasteiger charge is 2.35. The molecule has 2 aromatic rings. The zero-order chi connectivity index (χ0) is 23.1. The van der Waals surface area contributed by atoms with Crippen molar-refractivity contribution in [2.45, 2.75) is 45.7 Å².